The van der Waals surface area contributed by atoms with Crippen LogP contribution in [0.3, 0.4) is 0 Å². The summed E-state index contributed by atoms with van der Waals surface area (Å²) < 4.78 is 0. The number of likely N-dealkylation sites (tertiary alicyclic amines) is 1. The van der Waals surface area contributed by atoms with Gasteiger partial charge in [0.05, 0.1) is 12.1 Å². The molecule has 0 bridgehead atoms. The Balaban J connectivity index is 1.47. The number of nitrogens with zero attached hydrogens (tertiary/aromatic N) is 4. The third kappa shape index (κ3) is 5.19. The van der Waals surface area contributed by atoms with Crippen LogP contribution in [-0.4, -0.2) is 79.5 Å². The van der Waals surface area contributed by atoms with Crippen molar-refractivity contribution in [1.82, 2.24) is 20.1 Å². The fourth-order valence-electron chi connectivity index (χ4n) is 3.76. The SMILES string of the molecule is CC(C)CN1CC[C@@H](CNC(=O)c2ccc(N3CCN(C)C(=O)C3)nc2)C1. The van der Waals surface area contributed by atoms with Gasteiger partial charge in [-0.05, 0) is 36.9 Å². The number of rotatable bonds is 6. The number of pyridine rings is 1. The van der Waals surface area contributed by atoms with Crippen LogP contribution in [0.15, 0.2) is 18.3 Å². The summed E-state index contributed by atoms with van der Waals surface area (Å²) in [6.07, 6.45) is 2.74. The Morgan fingerprint density at radius 2 is 2.11 bits per heavy atom. The molecule has 27 heavy (non-hydrogen) atoms. The van der Waals surface area contributed by atoms with Gasteiger partial charge in [0.25, 0.3) is 5.91 Å². The Bertz CT molecular complexity index is 661. The van der Waals surface area contributed by atoms with Crippen LogP contribution < -0.4 is 10.2 Å². The molecule has 0 aliphatic carbocycles. The molecule has 0 spiro atoms. The van der Waals surface area contributed by atoms with E-state index in [2.05, 4.69) is 29.0 Å². The monoisotopic (exact) mass is 373 g/mol. The molecule has 1 N–H and O–H groups in total. The molecule has 2 aliphatic rings. The second-order valence-corrected chi connectivity index (χ2v) is 8.16. The summed E-state index contributed by atoms with van der Waals surface area (Å²) in [6, 6.07) is 3.62. The predicted molar refractivity (Wildman–Crippen MR) is 106 cm³/mol. The second kappa shape index (κ2) is 8.69. The van der Waals surface area contributed by atoms with Crippen LogP contribution in [-0.2, 0) is 4.79 Å². The van der Waals surface area contributed by atoms with Gasteiger partial charge in [0.1, 0.15) is 5.82 Å². The minimum absolute atomic E-state index is 0.0780. The van der Waals surface area contributed by atoms with Crippen molar-refractivity contribution in [3.05, 3.63) is 23.9 Å². The molecule has 2 saturated heterocycles. The van der Waals surface area contributed by atoms with Crippen molar-refractivity contribution in [3.8, 4) is 0 Å². The van der Waals surface area contributed by atoms with Crippen LogP contribution in [0.25, 0.3) is 0 Å². The van der Waals surface area contributed by atoms with Gasteiger partial charge >= 0.3 is 0 Å². The summed E-state index contributed by atoms with van der Waals surface area (Å²) in [4.78, 5) is 34.8. The smallest absolute Gasteiger partial charge is 0.252 e. The van der Waals surface area contributed by atoms with Crippen LogP contribution in [0.2, 0.25) is 0 Å². The van der Waals surface area contributed by atoms with Crippen molar-refractivity contribution in [2.75, 3.05) is 57.8 Å². The topological polar surface area (TPSA) is 68.8 Å². The lowest BCUT2D eigenvalue weighted by Gasteiger charge is -2.32. The first-order valence-corrected chi connectivity index (χ1v) is 9.88. The number of amides is 2. The van der Waals surface area contributed by atoms with E-state index in [4.69, 9.17) is 0 Å². The van der Waals surface area contributed by atoms with Crippen molar-refractivity contribution in [2.24, 2.45) is 11.8 Å². The van der Waals surface area contributed by atoms with Gasteiger partial charge < -0.3 is 20.0 Å². The van der Waals surface area contributed by atoms with E-state index in [-0.39, 0.29) is 11.8 Å². The average Bonchev–Trinajstić information content (AvgIpc) is 3.09. The largest absolute Gasteiger partial charge is 0.352 e. The molecule has 2 fully saturated rings. The fourth-order valence-corrected chi connectivity index (χ4v) is 3.76. The number of aromatic nitrogens is 1. The number of piperazine rings is 1. The summed E-state index contributed by atoms with van der Waals surface area (Å²) in [5.41, 5.74) is 0.566. The molecule has 0 saturated carbocycles. The third-order valence-electron chi connectivity index (χ3n) is 5.34. The summed E-state index contributed by atoms with van der Waals surface area (Å²) in [6.45, 7) is 10.3. The van der Waals surface area contributed by atoms with Crippen LogP contribution >= 0.6 is 0 Å². The molecular formula is C20H31N5O2. The van der Waals surface area contributed by atoms with E-state index in [1.54, 1.807) is 17.2 Å². The Labute approximate surface area is 161 Å². The first kappa shape index (κ1) is 19.6. The highest BCUT2D eigenvalue weighted by Crippen LogP contribution is 2.17. The molecule has 148 valence electrons. The maximum atomic E-state index is 12.4. The number of nitrogens with one attached hydrogen (secondary N) is 1. The maximum Gasteiger partial charge on any atom is 0.252 e. The molecule has 0 aromatic carbocycles. The highest BCUT2D eigenvalue weighted by Gasteiger charge is 2.24. The Hall–Kier alpha value is -2.15. The predicted octanol–water partition coefficient (Wildman–Crippen LogP) is 1.07. The zero-order valence-corrected chi connectivity index (χ0v) is 16.6. The number of anilines is 1. The lowest BCUT2D eigenvalue weighted by molar-refractivity contribution is -0.129. The minimum atomic E-state index is -0.0780. The molecule has 7 nitrogen and oxygen atoms in total. The van der Waals surface area contributed by atoms with Crippen LogP contribution in [0.1, 0.15) is 30.6 Å². The van der Waals surface area contributed by atoms with Crippen LogP contribution in [0.4, 0.5) is 5.82 Å². The molecule has 3 heterocycles. The Morgan fingerprint density at radius 1 is 1.30 bits per heavy atom. The van der Waals surface area contributed by atoms with Gasteiger partial charge in [-0.2, -0.15) is 0 Å². The molecule has 0 unspecified atom stereocenters. The number of hydrogen-bond donors (Lipinski definition) is 1. The maximum absolute atomic E-state index is 12.4. The second-order valence-electron chi connectivity index (χ2n) is 8.16. The van der Waals surface area contributed by atoms with Gasteiger partial charge in [0, 0.05) is 46.0 Å². The highest BCUT2D eigenvalue weighted by atomic mass is 16.2. The quantitative estimate of drug-likeness (QED) is 0.808. The normalized spacial score (nSPS) is 21.2. The lowest BCUT2D eigenvalue weighted by atomic mass is 10.1. The van der Waals surface area contributed by atoms with Gasteiger partial charge in [-0.3, -0.25) is 9.59 Å². The zero-order valence-electron chi connectivity index (χ0n) is 16.6. The first-order valence-electron chi connectivity index (χ1n) is 9.88. The molecule has 1 aromatic heterocycles. The standard InChI is InChI=1S/C20H31N5O2/c1-15(2)12-24-7-6-16(13-24)10-22-20(27)17-4-5-18(21-11-17)25-9-8-23(3)19(26)14-25/h4-5,11,15-16H,6-10,12-14H2,1-3H3,(H,22,27)/t16-/m0/s1. The van der Waals surface area contributed by atoms with Crippen LogP contribution in [0.5, 0.6) is 0 Å². The van der Waals surface area contributed by atoms with E-state index < -0.39 is 0 Å². The summed E-state index contributed by atoms with van der Waals surface area (Å²) in [7, 11) is 1.81. The van der Waals surface area contributed by atoms with Gasteiger partial charge in [-0.15, -0.1) is 0 Å². The number of carbonyl (C=O) groups is 2. The van der Waals surface area contributed by atoms with Gasteiger partial charge in [0.2, 0.25) is 5.91 Å². The van der Waals surface area contributed by atoms with E-state index >= 15 is 0 Å². The van der Waals surface area contributed by atoms with Crippen molar-refractivity contribution < 1.29 is 9.59 Å². The molecule has 1 atom stereocenters. The summed E-state index contributed by atoms with van der Waals surface area (Å²) in [5.74, 6) is 1.96. The average molecular weight is 374 g/mol. The molecule has 3 rings (SSSR count). The van der Waals surface area contributed by atoms with E-state index in [0.717, 1.165) is 38.4 Å². The lowest BCUT2D eigenvalue weighted by Crippen LogP contribution is -2.48. The summed E-state index contributed by atoms with van der Waals surface area (Å²) in [5, 5.41) is 3.05. The Kier molecular flexibility index (Phi) is 6.31. The minimum Gasteiger partial charge on any atom is -0.352 e. The number of carbonyl (C=O) groups excluding carboxylic acids is 2. The third-order valence-corrected chi connectivity index (χ3v) is 5.34. The van der Waals surface area contributed by atoms with Crippen LogP contribution in [0, 0.1) is 11.8 Å². The Morgan fingerprint density at radius 3 is 2.78 bits per heavy atom. The highest BCUT2D eigenvalue weighted by molar-refractivity contribution is 5.94. The summed E-state index contributed by atoms with van der Waals surface area (Å²) >= 11 is 0. The number of likely N-dealkylation sites (N-methyl/N-ethyl adjacent to an activating group) is 1. The first-order chi connectivity index (χ1) is 12.9. The number of hydrogen-bond acceptors (Lipinski definition) is 5. The molecule has 7 heteroatoms. The van der Waals surface area contributed by atoms with E-state index in [0.29, 0.717) is 37.0 Å². The van der Waals surface area contributed by atoms with E-state index in [9.17, 15) is 9.59 Å². The van der Waals surface area contributed by atoms with Crippen molar-refractivity contribution in [2.45, 2.75) is 20.3 Å². The van der Waals surface area contributed by atoms with E-state index in [1.807, 2.05) is 18.0 Å². The fraction of sp³-hybridized carbons (Fsp3) is 0.650. The van der Waals surface area contributed by atoms with Crippen molar-refractivity contribution >= 4 is 17.6 Å². The van der Waals surface area contributed by atoms with E-state index in [1.165, 1.54) is 0 Å². The van der Waals surface area contributed by atoms with Gasteiger partial charge in [0.15, 0.2) is 0 Å². The van der Waals surface area contributed by atoms with Crippen molar-refractivity contribution in [3.63, 3.8) is 0 Å². The zero-order chi connectivity index (χ0) is 19.4. The molecule has 1 aromatic rings. The molecule has 2 amide bonds. The molecule has 2 aliphatic heterocycles. The van der Waals surface area contributed by atoms with Crippen molar-refractivity contribution in [1.29, 1.82) is 0 Å². The van der Waals surface area contributed by atoms with Gasteiger partial charge in [-0.1, -0.05) is 13.8 Å². The van der Waals surface area contributed by atoms with Gasteiger partial charge in [-0.25, -0.2) is 4.98 Å². The molecular weight excluding hydrogens is 342 g/mol. The molecule has 0 radical (unpaired) electrons.